The molecule has 1 amide bonds. The van der Waals surface area contributed by atoms with Gasteiger partial charge in [-0.3, -0.25) is 14.9 Å². The lowest BCUT2D eigenvalue weighted by molar-refractivity contribution is -0.385. The number of hydrogen-bond donors (Lipinski definition) is 0. The van der Waals surface area contributed by atoms with Crippen LogP contribution in [-0.4, -0.2) is 53.4 Å². The molecule has 1 fully saturated rings. The number of carbonyl (C=O) groups is 1. The SMILES string of the molecule is CC1CN(C)CCCN1C(=O)c1cc(Cl)ccc1[N+](=O)[O-]. The van der Waals surface area contributed by atoms with Gasteiger partial charge in [-0.25, -0.2) is 0 Å². The first-order valence-corrected chi connectivity index (χ1v) is 7.21. The lowest BCUT2D eigenvalue weighted by Crippen LogP contribution is -2.42. The van der Waals surface area contributed by atoms with Gasteiger partial charge >= 0.3 is 0 Å². The number of likely N-dealkylation sites (N-methyl/N-ethyl adjacent to an activating group) is 1. The maximum atomic E-state index is 12.7. The van der Waals surface area contributed by atoms with E-state index in [1.807, 2.05) is 14.0 Å². The Hall–Kier alpha value is -1.66. The predicted molar refractivity (Wildman–Crippen MR) is 80.7 cm³/mol. The summed E-state index contributed by atoms with van der Waals surface area (Å²) < 4.78 is 0. The summed E-state index contributed by atoms with van der Waals surface area (Å²) in [6.07, 6.45) is 0.848. The van der Waals surface area contributed by atoms with Crippen LogP contribution in [0.25, 0.3) is 0 Å². The van der Waals surface area contributed by atoms with Crippen molar-refractivity contribution in [2.24, 2.45) is 0 Å². The number of amides is 1. The van der Waals surface area contributed by atoms with Gasteiger partial charge in [0.2, 0.25) is 0 Å². The highest BCUT2D eigenvalue weighted by Gasteiger charge is 2.29. The quantitative estimate of drug-likeness (QED) is 0.621. The second kappa shape index (κ2) is 6.41. The van der Waals surface area contributed by atoms with Gasteiger partial charge in [0.25, 0.3) is 11.6 Å². The summed E-state index contributed by atoms with van der Waals surface area (Å²) >= 11 is 5.89. The van der Waals surface area contributed by atoms with Crippen molar-refractivity contribution in [1.82, 2.24) is 9.80 Å². The molecule has 1 aliphatic rings. The maximum absolute atomic E-state index is 12.7. The average Bonchev–Trinajstić information content (AvgIpc) is 2.58. The van der Waals surface area contributed by atoms with Crippen molar-refractivity contribution in [3.8, 4) is 0 Å². The zero-order chi connectivity index (χ0) is 15.6. The third-order valence-electron chi connectivity index (χ3n) is 3.69. The number of nitro benzene ring substituents is 1. The molecule has 0 radical (unpaired) electrons. The van der Waals surface area contributed by atoms with E-state index >= 15 is 0 Å². The molecule has 2 rings (SSSR count). The largest absolute Gasteiger partial charge is 0.334 e. The minimum atomic E-state index is -0.543. The van der Waals surface area contributed by atoms with Crippen molar-refractivity contribution in [2.75, 3.05) is 26.7 Å². The third-order valence-corrected chi connectivity index (χ3v) is 3.93. The highest BCUT2D eigenvalue weighted by atomic mass is 35.5. The molecule has 1 aromatic rings. The van der Waals surface area contributed by atoms with E-state index in [4.69, 9.17) is 11.6 Å². The summed E-state index contributed by atoms with van der Waals surface area (Å²) in [6.45, 7) is 4.20. The monoisotopic (exact) mass is 311 g/mol. The first-order valence-electron chi connectivity index (χ1n) is 6.83. The average molecular weight is 312 g/mol. The van der Waals surface area contributed by atoms with Gasteiger partial charge in [-0.15, -0.1) is 0 Å². The Kier molecular flexibility index (Phi) is 4.80. The van der Waals surface area contributed by atoms with E-state index in [0.29, 0.717) is 11.6 Å². The topological polar surface area (TPSA) is 66.7 Å². The molecule has 21 heavy (non-hydrogen) atoms. The summed E-state index contributed by atoms with van der Waals surface area (Å²) in [5.41, 5.74) is -0.141. The van der Waals surface area contributed by atoms with Gasteiger partial charge in [0.15, 0.2) is 0 Å². The molecule has 0 saturated carbocycles. The molecule has 0 aromatic heterocycles. The highest BCUT2D eigenvalue weighted by molar-refractivity contribution is 6.31. The summed E-state index contributed by atoms with van der Waals surface area (Å²) in [5.74, 6) is -0.327. The molecule has 7 heteroatoms. The van der Waals surface area contributed by atoms with E-state index in [9.17, 15) is 14.9 Å². The highest BCUT2D eigenvalue weighted by Crippen LogP contribution is 2.25. The normalized spacial score (nSPS) is 20.1. The molecule has 1 atom stereocenters. The van der Waals surface area contributed by atoms with E-state index in [1.165, 1.54) is 18.2 Å². The van der Waals surface area contributed by atoms with Crippen LogP contribution < -0.4 is 0 Å². The summed E-state index contributed by atoms with van der Waals surface area (Å²) in [7, 11) is 2.01. The predicted octanol–water partition coefficient (Wildman–Crippen LogP) is 2.41. The van der Waals surface area contributed by atoms with Crippen LogP contribution in [0, 0.1) is 10.1 Å². The van der Waals surface area contributed by atoms with Gasteiger partial charge in [-0.05, 0) is 39.1 Å². The van der Waals surface area contributed by atoms with E-state index in [1.54, 1.807) is 4.90 Å². The van der Waals surface area contributed by atoms with Crippen molar-refractivity contribution < 1.29 is 9.72 Å². The standard InChI is InChI=1S/C14H18ClN3O3/c1-10-9-16(2)6-3-7-17(10)14(19)12-8-11(15)4-5-13(12)18(20)21/h4-5,8,10H,3,6-7,9H2,1-2H3. The second-order valence-corrected chi connectivity index (χ2v) is 5.82. The molecule has 1 saturated heterocycles. The molecule has 0 N–H and O–H groups in total. The summed E-state index contributed by atoms with van der Waals surface area (Å²) in [6, 6.07) is 4.09. The van der Waals surface area contributed by atoms with E-state index in [2.05, 4.69) is 4.90 Å². The number of carbonyl (C=O) groups excluding carboxylic acids is 1. The lowest BCUT2D eigenvalue weighted by atomic mass is 10.1. The van der Waals surface area contributed by atoms with Gasteiger partial charge in [0, 0.05) is 30.2 Å². The van der Waals surface area contributed by atoms with E-state index < -0.39 is 4.92 Å². The molecule has 1 unspecified atom stereocenters. The molecule has 0 bridgehead atoms. The Morgan fingerprint density at radius 2 is 2.14 bits per heavy atom. The lowest BCUT2D eigenvalue weighted by Gasteiger charge is -2.28. The van der Waals surface area contributed by atoms with Crippen LogP contribution in [0.4, 0.5) is 5.69 Å². The van der Waals surface area contributed by atoms with Crippen molar-refractivity contribution in [3.63, 3.8) is 0 Å². The van der Waals surface area contributed by atoms with Crippen molar-refractivity contribution in [2.45, 2.75) is 19.4 Å². The number of rotatable bonds is 2. The van der Waals surface area contributed by atoms with Gasteiger partial charge < -0.3 is 9.80 Å². The van der Waals surface area contributed by atoms with Crippen LogP contribution in [-0.2, 0) is 0 Å². The number of nitrogens with zero attached hydrogens (tertiary/aromatic N) is 3. The molecule has 0 spiro atoms. The van der Waals surface area contributed by atoms with Crippen LogP contribution in [0.5, 0.6) is 0 Å². The van der Waals surface area contributed by atoms with Crippen LogP contribution in [0.1, 0.15) is 23.7 Å². The van der Waals surface area contributed by atoms with Crippen LogP contribution in [0.2, 0.25) is 5.02 Å². The van der Waals surface area contributed by atoms with Gasteiger partial charge in [0.1, 0.15) is 5.56 Å². The van der Waals surface area contributed by atoms with E-state index in [-0.39, 0.29) is 23.2 Å². The van der Waals surface area contributed by atoms with Gasteiger partial charge in [-0.2, -0.15) is 0 Å². The smallest absolute Gasteiger partial charge is 0.282 e. The Bertz CT molecular complexity index is 564. The molecule has 1 aliphatic heterocycles. The molecule has 6 nitrogen and oxygen atoms in total. The first kappa shape index (κ1) is 15.7. The van der Waals surface area contributed by atoms with Crippen molar-refractivity contribution in [1.29, 1.82) is 0 Å². The summed E-state index contributed by atoms with van der Waals surface area (Å²) in [5, 5.41) is 11.4. The molecule has 114 valence electrons. The molecule has 1 heterocycles. The number of hydrogen-bond acceptors (Lipinski definition) is 4. The fourth-order valence-corrected chi connectivity index (χ4v) is 2.84. The van der Waals surface area contributed by atoms with Crippen molar-refractivity contribution >= 4 is 23.2 Å². The summed E-state index contributed by atoms with van der Waals surface area (Å²) in [4.78, 5) is 27.1. The Labute approximate surface area is 128 Å². The van der Waals surface area contributed by atoms with Crippen molar-refractivity contribution in [3.05, 3.63) is 38.9 Å². The molecular formula is C14H18ClN3O3. The van der Waals surface area contributed by atoms with Crippen LogP contribution in [0.3, 0.4) is 0 Å². The fourth-order valence-electron chi connectivity index (χ4n) is 2.67. The first-order chi connectivity index (χ1) is 9.90. The maximum Gasteiger partial charge on any atom is 0.282 e. The minimum absolute atomic E-state index is 0.00332. The zero-order valence-corrected chi connectivity index (χ0v) is 12.8. The molecular weight excluding hydrogens is 294 g/mol. The number of nitro groups is 1. The number of halogens is 1. The fraction of sp³-hybridized carbons (Fsp3) is 0.500. The van der Waals surface area contributed by atoms with Crippen LogP contribution in [0.15, 0.2) is 18.2 Å². The Morgan fingerprint density at radius 3 is 2.81 bits per heavy atom. The van der Waals surface area contributed by atoms with Gasteiger partial charge in [-0.1, -0.05) is 11.6 Å². The van der Waals surface area contributed by atoms with Gasteiger partial charge in [0.05, 0.1) is 4.92 Å². The molecule has 1 aromatic carbocycles. The zero-order valence-electron chi connectivity index (χ0n) is 12.1. The Balaban J connectivity index is 2.34. The Morgan fingerprint density at radius 1 is 1.43 bits per heavy atom. The minimum Gasteiger partial charge on any atom is -0.334 e. The second-order valence-electron chi connectivity index (χ2n) is 5.38. The van der Waals surface area contributed by atoms with E-state index in [0.717, 1.165) is 19.5 Å². The number of benzene rings is 1. The van der Waals surface area contributed by atoms with Crippen LogP contribution >= 0.6 is 11.6 Å². The third kappa shape index (κ3) is 3.51. The molecule has 0 aliphatic carbocycles.